The molecule has 1 heterocycles. The normalized spacial score (nSPS) is 16.2. The summed E-state index contributed by atoms with van der Waals surface area (Å²) < 4.78 is 0.260. The van der Waals surface area contributed by atoms with E-state index in [0.29, 0.717) is 10.5 Å². The number of allylic oxidation sites excluding steroid dienone is 2. The number of carbonyl (C=O) groups excluding carboxylic acids is 2. The maximum atomic E-state index is 12.6. The molecular formula is C20H15NO2S2. The van der Waals surface area contributed by atoms with E-state index < -0.39 is 0 Å². The molecule has 2 aromatic rings. The van der Waals surface area contributed by atoms with Gasteiger partial charge in [-0.2, -0.15) is 0 Å². The number of rotatable bonds is 3. The van der Waals surface area contributed by atoms with Crippen LogP contribution in [0.5, 0.6) is 0 Å². The number of amides is 2. The smallest absolute Gasteiger partial charge is 0.268 e. The van der Waals surface area contributed by atoms with Gasteiger partial charge in [-0.05, 0) is 30.7 Å². The van der Waals surface area contributed by atoms with Gasteiger partial charge in [0.05, 0.1) is 4.91 Å². The minimum atomic E-state index is -0.387. The standard InChI is InChI=1S/C20H15NO2S2/c1-14-7-5-11-16(13-14)18(22)21-19(23)17(25-20(21)24)12-6-10-15-8-3-2-4-9-15/h2-13H,1H3/b10-6-,17-12+. The van der Waals surface area contributed by atoms with Crippen LogP contribution in [0.15, 0.2) is 71.7 Å². The summed E-state index contributed by atoms with van der Waals surface area (Å²) in [6, 6.07) is 16.9. The average molecular weight is 365 g/mol. The molecule has 1 aliphatic heterocycles. The Hall–Kier alpha value is -2.50. The molecule has 0 N–H and O–H groups in total. The minimum Gasteiger partial charge on any atom is -0.268 e. The summed E-state index contributed by atoms with van der Waals surface area (Å²) in [5, 5.41) is 0. The maximum Gasteiger partial charge on any atom is 0.273 e. The highest BCUT2D eigenvalue weighted by atomic mass is 32.2. The van der Waals surface area contributed by atoms with Crippen molar-refractivity contribution in [3.63, 3.8) is 0 Å². The van der Waals surface area contributed by atoms with Gasteiger partial charge in [-0.3, -0.25) is 9.59 Å². The quantitative estimate of drug-likeness (QED) is 0.453. The first kappa shape index (κ1) is 17.3. The fourth-order valence-corrected chi connectivity index (χ4v) is 3.58. The van der Waals surface area contributed by atoms with E-state index in [1.807, 2.05) is 49.4 Å². The van der Waals surface area contributed by atoms with Crippen LogP contribution < -0.4 is 0 Å². The molecule has 0 atom stereocenters. The highest BCUT2D eigenvalue weighted by molar-refractivity contribution is 8.26. The van der Waals surface area contributed by atoms with Gasteiger partial charge in [0.25, 0.3) is 11.8 Å². The molecule has 2 aromatic carbocycles. The van der Waals surface area contributed by atoms with Crippen molar-refractivity contribution in [3.8, 4) is 0 Å². The Morgan fingerprint density at radius 1 is 1.12 bits per heavy atom. The molecule has 0 saturated carbocycles. The predicted octanol–water partition coefficient (Wildman–Crippen LogP) is 4.59. The van der Waals surface area contributed by atoms with Crippen LogP contribution >= 0.6 is 24.0 Å². The zero-order valence-electron chi connectivity index (χ0n) is 13.5. The van der Waals surface area contributed by atoms with Crippen LogP contribution in [0.2, 0.25) is 0 Å². The van der Waals surface area contributed by atoms with Crippen molar-refractivity contribution in [2.45, 2.75) is 6.92 Å². The summed E-state index contributed by atoms with van der Waals surface area (Å²) in [4.78, 5) is 26.7. The summed E-state index contributed by atoms with van der Waals surface area (Å²) in [6.07, 6.45) is 5.38. The molecule has 0 unspecified atom stereocenters. The summed E-state index contributed by atoms with van der Waals surface area (Å²) >= 11 is 6.37. The van der Waals surface area contributed by atoms with Gasteiger partial charge >= 0.3 is 0 Å². The number of imide groups is 1. The third kappa shape index (κ3) is 3.95. The number of hydrogen-bond acceptors (Lipinski definition) is 4. The van der Waals surface area contributed by atoms with Crippen molar-refractivity contribution in [1.82, 2.24) is 4.90 Å². The lowest BCUT2D eigenvalue weighted by Crippen LogP contribution is -2.34. The fourth-order valence-electron chi connectivity index (χ4n) is 2.37. The van der Waals surface area contributed by atoms with E-state index in [2.05, 4.69) is 0 Å². The molecule has 0 bridgehead atoms. The molecule has 0 spiro atoms. The molecule has 1 saturated heterocycles. The molecule has 124 valence electrons. The Morgan fingerprint density at radius 3 is 2.60 bits per heavy atom. The Bertz CT molecular complexity index is 901. The number of benzene rings is 2. The van der Waals surface area contributed by atoms with Crippen LogP contribution in [-0.2, 0) is 4.79 Å². The molecule has 0 aliphatic carbocycles. The van der Waals surface area contributed by atoms with Crippen LogP contribution in [-0.4, -0.2) is 21.0 Å². The van der Waals surface area contributed by atoms with Crippen molar-refractivity contribution in [2.75, 3.05) is 0 Å². The van der Waals surface area contributed by atoms with E-state index in [1.54, 1.807) is 30.4 Å². The summed E-state index contributed by atoms with van der Waals surface area (Å²) in [7, 11) is 0. The average Bonchev–Trinajstić information content (AvgIpc) is 2.89. The first-order valence-corrected chi connectivity index (χ1v) is 8.89. The van der Waals surface area contributed by atoms with Crippen LogP contribution in [0.1, 0.15) is 21.5 Å². The van der Waals surface area contributed by atoms with Gasteiger partial charge in [0.2, 0.25) is 0 Å². The molecular weight excluding hydrogens is 350 g/mol. The highest BCUT2D eigenvalue weighted by Crippen LogP contribution is 2.32. The minimum absolute atomic E-state index is 0.260. The summed E-state index contributed by atoms with van der Waals surface area (Å²) in [6.45, 7) is 1.90. The number of hydrogen-bond donors (Lipinski definition) is 0. The Labute approximate surface area is 156 Å². The molecule has 0 radical (unpaired) electrons. The number of thiocarbonyl (C=S) groups is 1. The van der Waals surface area contributed by atoms with Crippen molar-refractivity contribution in [1.29, 1.82) is 0 Å². The SMILES string of the molecule is Cc1cccc(C(=O)N2C(=O)/C(=C\C=C/c3ccccc3)SC2=S)c1. The zero-order chi connectivity index (χ0) is 17.8. The van der Waals surface area contributed by atoms with E-state index >= 15 is 0 Å². The highest BCUT2D eigenvalue weighted by Gasteiger charge is 2.36. The van der Waals surface area contributed by atoms with Crippen LogP contribution in [0.25, 0.3) is 6.08 Å². The molecule has 0 aromatic heterocycles. The topological polar surface area (TPSA) is 37.4 Å². The Morgan fingerprint density at radius 2 is 1.88 bits per heavy atom. The molecule has 1 fully saturated rings. The number of carbonyl (C=O) groups is 2. The second-order valence-electron chi connectivity index (χ2n) is 5.48. The number of thioether (sulfide) groups is 1. The van der Waals surface area contributed by atoms with E-state index in [0.717, 1.165) is 27.8 Å². The van der Waals surface area contributed by atoms with Gasteiger partial charge in [0, 0.05) is 5.56 Å². The van der Waals surface area contributed by atoms with Gasteiger partial charge in [-0.25, -0.2) is 4.90 Å². The lowest BCUT2D eigenvalue weighted by molar-refractivity contribution is -0.120. The lowest BCUT2D eigenvalue weighted by atomic mass is 10.1. The molecule has 5 heteroatoms. The van der Waals surface area contributed by atoms with E-state index in [1.165, 1.54) is 0 Å². The van der Waals surface area contributed by atoms with Gasteiger partial charge in [0.15, 0.2) is 4.32 Å². The second-order valence-corrected chi connectivity index (χ2v) is 7.16. The van der Waals surface area contributed by atoms with E-state index in [4.69, 9.17) is 12.2 Å². The molecule has 3 nitrogen and oxygen atoms in total. The number of nitrogens with zero attached hydrogens (tertiary/aromatic N) is 1. The number of aryl methyl sites for hydroxylation is 1. The van der Waals surface area contributed by atoms with Crippen molar-refractivity contribution < 1.29 is 9.59 Å². The Kier molecular flexibility index (Phi) is 5.26. The molecule has 2 amide bonds. The van der Waals surface area contributed by atoms with Gasteiger partial charge < -0.3 is 0 Å². The second kappa shape index (κ2) is 7.59. The first-order valence-electron chi connectivity index (χ1n) is 7.67. The summed E-state index contributed by atoms with van der Waals surface area (Å²) in [5.41, 5.74) is 2.44. The third-order valence-electron chi connectivity index (χ3n) is 3.60. The maximum absolute atomic E-state index is 12.6. The fraction of sp³-hybridized carbons (Fsp3) is 0.0500. The largest absolute Gasteiger partial charge is 0.273 e. The van der Waals surface area contributed by atoms with Crippen LogP contribution in [0.3, 0.4) is 0 Å². The zero-order valence-corrected chi connectivity index (χ0v) is 15.1. The lowest BCUT2D eigenvalue weighted by Gasteiger charge is -2.12. The van der Waals surface area contributed by atoms with Gasteiger partial charge in [-0.15, -0.1) is 0 Å². The van der Waals surface area contributed by atoms with E-state index in [9.17, 15) is 9.59 Å². The molecule has 3 rings (SSSR count). The first-order chi connectivity index (χ1) is 12.1. The Balaban J connectivity index is 1.79. The molecule has 1 aliphatic rings. The monoisotopic (exact) mass is 365 g/mol. The molecule has 25 heavy (non-hydrogen) atoms. The van der Waals surface area contributed by atoms with Gasteiger partial charge in [-0.1, -0.05) is 84.2 Å². The van der Waals surface area contributed by atoms with Crippen LogP contribution in [0, 0.1) is 6.92 Å². The van der Waals surface area contributed by atoms with E-state index in [-0.39, 0.29) is 16.1 Å². The predicted molar refractivity (Wildman–Crippen MR) is 106 cm³/mol. The van der Waals surface area contributed by atoms with Crippen LogP contribution in [0.4, 0.5) is 0 Å². The van der Waals surface area contributed by atoms with Crippen molar-refractivity contribution in [3.05, 3.63) is 88.3 Å². The summed E-state index contributed by atoms with van der Waals surface area (Å²) in [5.74, 6) is -0.763. The third-order valence-corrected chi connectivity index (χ3v) is 4.92. The van der Waals surface area contributed by atoms with Crippen molar-refractivity contribution >= 4 is 46.2 Å². The van der Waals surface area contributed by atoms with Gasteiger partial charge in [0.1, 0.15) is 0 Å². The van der Waals surface area contributed by atoms with Crippen molar-refractivity contribution in [2.24, 2.45) is 0 Å².